The van der Waals surface area contributed by atoms with E-state index < -0.39 is 17.7 Å². The number of dihydropyridines is 1. The van der Waals surface area contributed by atoms with E-state index in [4.69, 9.17) is 4.74 Å². The largest absolute Gasteiger partial charge is 0.508 e. The number of ketones is 1. The van der Waals surface area contributed by atoms with E-state index in [9.17, 15) is 19.1 Å². The Kier molecular flexibility index (Phi) is 3.49. The van der Waals surface area contributed by atoms with Gasteiger partial charge in [0.1, 0.15) is 18.2 Å². The van der Waals surface area contributed by atoms with Crippen LogP contribution in [0.15, 0.2) is 39.1 Å². The molecule has 4 rings (SSSR count). The van der Waals surface area contributed by atoms with Crippen LogP contribution in [-0.2, 0) is 14.3 Å². The molecule has 2 N–H and O–H groups in total. The normalized spacial score (nSPS) is 23.0. The second-order valence-corrected chi connectivity index (χ2v) is 6.87. The summed E-state index contributed by atoms with van der Waals surface area (Å²) in [5.74, 6) is -2.24. The number of allylic oxidation sites excluding steroid dienone is 2. The number of nitrogens with one attached hydrogen (secondary N) is 1. The van der Waals surface area contributed by atoms with Gasteiger partial charge in [0.25, 0.3) is 0 Å². The van der Waals surface area contributed by atoms with E-state index in [-0.39, 0.29) is 22.6 Å². The Morgan fingerprint density at radius 3 is 2.79 bits per heavy atom. The quantitative estimate of drug-likeness (QED) is 0.717. The highest BCUT2D eigenvalue weighted by atomic mass is 79.9. The van der Waals surface area contributed by atoms with Crippen molar-refractivity contribution in [3.63, 3.8) is 0 Å². The van der Waals surface area contributed by atoms with Crippen molar-refractivity contribution in [1.82, 2.24) is 5.32 Å². The molecule has 0 saturated heterocycles. The molecule has 24 heavy (non-hydrogen) atoms. The first-order valence-electron chi connectivity index (χ1n) is 7.58. The molecule has 1 atom stereocenters. The minimum Gasteiger partial charge on any atom is -0.508 e. The van der Waals surface area contributed by atoms with Gasteiger partial charge in [-0.3, -0.25) is 4.79 Å². The molecule has 1 aromatic carbocycles. The minimum absolute atomic E-state index is 0.0696. The van der Waals surface area contributed by atoms with Crippen molar-refractivity contribution in [3.8, 4) is 5.75 Å². The lowest BCUT2D eigenvalue weighted by Gasteiger charge is -2.32. The van der Waals surface area contributed by atoms with E-state index >= 15 is 0 Å². The Balaban J connectivity index is 1.96. The molecule has 2 heterocycles. The maximum Gasteiger partial charge on any atom is 0.337 e. The number of carbonyl (C=O) groups is 2. The summed E-state index contributed by atoms with van der Waals surface area (Å²) in [7, 11) is 0. The minimum atomic E-state index is -0.740. The molecule has 0 aromatic heterocycles. The zero-order valence-electron chi connectivity index (χ0n) is 12.5. The molecule has 0 saturated carbocycles. The number of rotatable bonds is 1. The lowest BCUT2D eigenvalue weighted by Crippen LogP contribution is -2.32. The van der Waals surface area contributed by atoms with Crippen LogP contribution in [0.2, 0.25) is 0 Å². The third-order valence-corrected chi connectivity index (χ3v) is 5.22. The van der Waals surface area contributed by atoms with E-state index in [1.165, 1.54) is 6.07 Å². The van der Waals surface area contributed by atoms with Crippen LogP contribution >= 0.6 is 15.9 Å². The summed E-state index contributed by atoms with van der Waals surface area (Å²) in [6.45, 7) is 0.110. The van der Waals surface area contributed by atoms with Crippen molar-refractivity contribution in [2.75, 3.05) is 6.61 Å². The van der Waals surface area contributed by atoms with Gasteiger partial charge in [-0.2, -0.15) is 0 Å². The fourth-order valence-corrected chi connectivity index (χ4v) is 3.92. The summed E-state index contributed by atoms with van der Waals surface area (Å²) >= 11 is 3.10. The molecule has 0 fully saturated rings. The number of benzene rings is 1. The van der Waals surface area contributed by atoms with Gasteiger partial charge in [0, 0.05) is 29.3 Å². The first-order valence-corrected chi connectivity index (χ1v) is 8.38. The van der Waals surface area contributed by atoms with Crippen LogP contribution in [0.1, 0.15) is 30.7 Å². The number of phenolic OH excluding ortho intramolecular Hbond substituents is 1. The number of esters is 1. The number of phenols is 1. The first kappa shape index (κ1) is 15.4. The van der Waals surface area contributed by atoms with E-state index in [0.29, 0.717) is 35.2 Å². The van der Waals surface area contributed by atoms with Crippen molar-refractivity contribution >= 4 is 27.7 Å². The maximum absolute atomic E-state index is 13.7. The average Bonchev–Trinajstić information content (AvgIpc) is 2.91. The number of ether oxygens (including phenoxy) is 1. The molecule has 5 nitrogen and oxygen atoms in total. The Morgan fingerprint density at radius 1 is 1.21 bits per heavy atom. The van der Waals surface area contributed by atoms with Crippen molar-refractivity contribution < 1.29 is 23.8 Å². The highest BCUT2D eigenvalue weighted by Gasteiger charge is 2.43. The maximum atomic E-state index is 13.7. The van der Waals surface area contributed by atoms with Gasteiger partial charge in [-0.25, -0.2) is 9.18 Å². The predicted octanol–water partition coefficient (Wildman–Crippen LogP) is 2.80. The fourth-order valence-electron chi connectivity index (χ4n) is 3.56. The molecule has 7 heteroatoms. The lowest BCUT2D eigenvalue weighted by molar-refractivity contribution is -0.136. The topological polar surface area (TPSA) is 75.6 Å². The molecular formula is C17H13BrFNO4. The highest BCUT2D eigenvalue weighted by molar-refractivity contribution is 9.10. The number of Topliss-reactive ketones (excluding diaryl/α,β-unsaturated/α-hetero) is 1. The third-order valence-electron chi connectivity index (χ3n) is 4.61. The van der Waals surface area contributed by atoms with Crippen LogP contribution in [0.4, 0.5) is 4.39 Å². The average molecular weight is 394 g/mol. The van der Waals surface area contributed by atoms with Gasteiger partial charge in [0.05, 0.1) is 21.7 Å². The molecule has 0 amide bonds. The number of hydrogen-bond acceptors (Lipinski definition) is 5. The Hall–Kier alpha value is -2.15. The summed E-state index contributed by atoms with van der Waals surface area (Å²) in [6.07, 6.45) is 1.80. The van der Waals surface area contributed by atoms with Crippen molar-refractivity contribution in [1.29, 1.82) is 0 Å². The van der Waals surface area contributed by atoms with Crippen LogP contribution in [0.5, 0.6) is 5.75 Å². The molecule has 124 valence electrons. The molecule has 0 radical (unpaired) electrons. The zero-order chi connectivity index (χ0) is 17.0. The molecule has 2 aliphatic heterocycles. The SMILES string of the molecule is O=C1CCCC2=C1C(c1cc(Br)c(F)cc1O)C1=C(COC1=O)N2. The van der Waals surface area contributed by atoms with E-state index in [1.54, 1.807) is 0 Å². The first-order chi connectivity index (χ1) is 11.5. The van der Waals surface area contributed by atoms with Crippen LogP contribution in [-0.4, -0.2) is 23.5 Å². The van der Waals surface area contributed by atoms with Crippen LogP contribution in [0.3, 0.4) is 0 Å². The van der Waals surface area contributed by atoms with Gasteiger partial charge in [-0.15, -0.1) is 0 Å². The number of aromatic hydroxyl groups is 1. The zero-order valence-corrected chi connectivity index (χ0v) is 14.1. The monoisotopic (exact) mass is 393 g/mol. The molecule has 1 aromatic rings. The van der Waals surface area contributed by atoms with Crippen LogP contribution in [0, 0.1) is 5.82 Å². The van der Waals surface area contributed by atoms with Gasteiger partial charge >= 0.3 is 5.97 Å². The van der Waals surface area contributed by atoms with Gasteiger partial charge < -0.3 is 15.2 Å². The molecule has 3 aliphatic rings. The number of carbonyl (C=O) groups excluding carboxylic acids is 2. The highest BCUT2D eigenvalue weighted by Crippen LogP contribution is 2.47. The molecule has 1 aliphatic carbocycles. The Morgan fingerprint density at radius 2 is 2.00 bits per heavy atom. The molecule has 0 spiro atoms. The summed E-state index contributed by atoms with van der Waals surface area (Å²) in [4.78, 5) is 24.7. The van der Waals surface area contributed by atoms with E-state index in [2.05, 4.69) is 21.2 Å². The van der Waals surface area contributed by atoms with Crippen molar-refractivity contribution in [3.05, 3.63) is 50.5 Å². The van der Waals surface area contributed by atoms with Crippen molar-refractivity contribution in [2.45, 2.75) is 25.2 Å². The van der Waals surface area contributed by atoms with Gasteiger partial charge in [-0.05, 0) is 34.8 Å². The predicted molar refractivity (Wildman–Crippen MR) is 85.5 cm³/mol. The van der Waals surface area contributed by atoms with Gasteiger partial charge in [0.2, 0.25) is 0 Å². The van der Waals surface area contributed by atoms with E-state index in [0.717, 1.165) is 18.2 Å². The number of halogens is 2. The summed E-state index contributed by atoms with van der Waals surface area (Å²) in [5, 5.41) is 13.4. The molecule has 0 bridgehead atoms. The van der Waals surface area contributed by atoms with Gasteiger partial charge in [-0.1, -0.05) is 0 Å². The summed E-state index contributed by atoms with van der Waals surface area (Å²) in [5.41, 5.74) is 2.47. The Bertz CT molecular complexity index is 858. The van der Waals surface area contributed by atoms with Gasteiger partial charge in [0.15, 0.2) is 5.78 Å². The fraction of sp³-hybridized carbons (Fsp3) is 0.294. The van der Waals surface area contributed by atoms with Crippen LogP contribution in [0.25, 0.3) is 0 Å². The number of cyclic esters (lactones) is 1. The summed E-state index contributed by atoms with van der Waals surface area (Å²) < 4.78 is 18.9. The summed E-state index contributed by atoms with van der Waals surface area (Å²) in [6, 6.07) is 2.40. The van der Waals surface area contributed by atoms with Crippen LogP contribution < -0.4 is 5.32 Å². The number of hydrogen-bond donors (Lipinski definition) is 2. The Labute approximate surface area is 145 Å². The second kappa shape index (κ2) is 5.44. The smallest absolute Gasteiger partial charge is 0.337 e. The molecule has 1 unspecified atom stereocenters. The second-order valence-electron chi connectivity index (χ2n) is 6.02. The molecular weight excluding hydrogens is 381 g/mol. The standard InChI is InChI=1S/C17H13BrFNO4/c18-8-4-7(13(22)5-9(8)19)14-15-10(2-1-3-12(15)21)20-11-6-24-17(23)16(11)14/h4-5,14,20,22H,1-3,6H2. The lowest BCUT2D eigenvalue weighted by atomic mass is 9.75. The third kappa shape index (κ3) is 2.18. The van der Waals surface area contributed by atoms with Crippen molar-refractivity contribution in [2.24, 2.45) is 0 Å². The van der Waals surface area contributed by atoms with E-state index in [1.807, 2.05) is 0 Å².